The van der Waals surface area contributed by atoms with Crippen molar-refractivity contribution in [2.45, 2.75) is 0 Å². The summed E-state index contributed by atoms with van der Waals surface area (Å²) in [6.45, 7) is 0. The van der Waals surface area contributed by atoms with Gasteiger partial charge in [0.1, 0.15) is 0 Å². The van der Waals surface area contributed by atoms with Crippen molar-refractivity contribution in [3.05, 3.63) is 133 Å². The Balaban J connectivity index is 1.47. The minimum Gasteiger partial charge on any atom is -0.143 e. The van der Waals surface area contributed by atoms with E-state index in [4.69, 9.17) is 0 Å². The molecule has 0 aliphatic heterocycles. The fourth-order valence-corrected chi connectivity index (χ4v) is 8.93. The quantitative estimate of drug-likeness (QED) is 0.191. The van der Waals surface area contributed by atoms with E-state index in [1.807, 2.05) is 22.7 Å². The Morgan fingerprint density at radius 2 is 0.950 bits per heavy atom. The van der Waals surface area contributed by atoms with Crippen molar-refractivity contribution >= 4 is 85.2 Å². The molecule has 0 spiro atoms. The number of rotatable bonds is 2. The van der Waals surface area contributed by atoms with Gasteiger partial charge >= 0.3 is 0 Å². The molecular formula is C38H22S2. The summed E-state index contributed by atoms with van der Waals surface area (Å²) in [7, 11) is 0. The summed E-state index contributed by atoms with van der Waals surface area (Å²) in [5, 5.41) is 14.3. The minimum atomic E-state index is 1.27. The smallest absolute Gasteiger partial charge is 0.0448 e. The molecule has 40 heavy (non-hydrogen) atoms. The summed E-state index contributed by atoms with van der Waals surface area (Å²) < 4.78 is 4.09. The standard InChI is InChI=1S/C38H22S2/c1-2-12-24-23(10-1)11-9-18-26(24)35-27-14-3-5-16-29(27)36(30-17-6-4-15-28(30)35)32-22-39-34-21-20-31-25-13-7-8-19-33(25)40-38(31)37(32)34/h1-22H. The van der Waals surface area contributed by atoms with Crippen LogP contribution in [0.25, 0.3) is 84.8 Å². The highest BCUT2D eigenvalue weighted by atomic mass is 32.1. The van der Waals surface area contributed by atoms with Gasteiger partial charge in [0.15, 0.2) is 0 Å². The lowest BCUT2D eigenvalue weighted by atomic mass is 9.84. The molecule has 0 radical (unpaired) electrons. The zero-order valence-corrected chi connectivity index (χ0v) is 23.2. The van der Waals surface area contributed by atoms with E-state index in [9.17, 15) is 0 Å². The van der Waals surface area contributed by atoms with Gasteiger partial charge in [-0.1, -0.05) is 115 Å². The Labute approximate surface area is 239 Å². The Hall–Kier alpha value is -4.50. The van der Waals surface area contributed by atoms with Crippen molar-refractivity contribution in [1.82, 2.24) is 0 Å². The van der Waals surface area contributed by atoms with Gasteiger partial charge in [0.05, 0.1) is 0 Å². The van der Waals surface area contributed by atoms with Crippen LogP contribution in [-0.2, 0) is 0 Å². The number of hydrogen-bond acceptors (Lipinski definition) is 2. The van der Waals surface area contributed by atoms with E-state index in [1.54, 1.807) is 0 Å². The van der Waals surface area contributed by atoms with Gasteiger partial charge in [0.25, 0.3) is 0 Å². The van der Waals surface area contributed by atoms with Crippen molar-refractivity contribution in [1.29, 1.82) is 0 Å². The maximum atomic E-state index is 2.39. The van der Waals surface area contributed by atoms with E-state index in [1.165, 1.54) is 84.8 Å². The molecule has 2 aromatic heterocycles. The molecule has 0 aliphatic rings. The molecule has 0 N–H and O–H groups in total. The highest BCUT2D eigenvalue weighted by molar-refractivity contribution is 7.27. The van der Waals surface area contributed by atoms with E-state index in [2.05, 4.69) is 133 Å². The van der Waals surface area contributed by atoms with Gasteiger partial charge < -0.3 is 0 Å². The van der Waals surface area contributed by atoms with Crippen LogP contribution in [0.4, 0.5) is 0 Å². The normalized spacial score (nSPS) is 12.0. The highest BCUT2D eigenvalue weighted by Crippen LogP contribution is 2.50. The van der Waals surface area contributed by atoms with Gasteiger partial charge in [0, 0.05) is 35.8 Å². The summed E-state index contributed by atoms with van der Waals surface area (Å²) in [6, 6.07) is 46.9. The monoisotopic (exact) mass is 542 g/mol. The third-order valence-corrected chi connectivity index (χ3v) is 10.5. The van der Waals surface area contributed by atoms with Crippen molar-refractivity contribution in [2.75, 3.05) is 0 Å². The number of hydrogen-bond donors (Lipinski definition) is 0. The largest absolute Gasteiger partial charge is 0.143 e. The molecule has 0 unspecified atom stereocenters. The summed E-state index contributed by atoms with van der Waals surface area (Å²) in [6.07, 6.45) is 0. The first-order chi connectivity index (χ1) is 19.9. The number of thiophene rings is 2. The summed E-state index contributed by atoms with van der Waals surface area (Å²) in [5.41, 5.74) is 5.29. The molecular weight excluding hydrogens is 521 g/mol. The lowest BCUT2D eigenvalue weighted by Crippen LogP contribution is -1.91. The SMILES string of the molecule is c1ccc2c(-c3c4ccccc4c(-c4csc5ccc6c7ccccc7sc6c45)c4ccccc34)cccc2c1. The molecule has 9 rings (SSSR count). The molecule has 0 fully saturated rings. The molecule has 186 valence electrons. The molecule has 9 aromatic rings. The van der Waals surface area contributed by atoms with Gasteiger partial charge in [0.2, 0.25) is 0 Å². The lowest BCUT2D eigenvalue weighted by Gasteiger charge is -2.18. The number of fused-ring (bicyclic) bond motifs is 8. The Morgan fingerprint density at radius 1 is 0.375 bits per heavy atom. The second-order valence-electron chi connectivity index (χ2n) is 10.4. The molecule has 7 aromatic carbocycles. The van der Waals surface area contributed by atoms with E-state index >= 15 is 0 Å². The second kappa shape index (κ2) is 8.50. The minimum absolute atomic E-state index is 1.27. The fourth-order valence-electron chi connectivity index (χ4n) is 6.64. The van der Waals surface area contributed by atoms with E-state index in [0.717, 1.165) is 0 Å². The average Bonchev–Trinajstić information content (AvgIpc) is 3.61. The zero-order chi connectivity index (χ0) is 26.2. The fraction of sp³-hybridized carbons (Fsp3) is 0. The first kappa shape index (κ1) is 22.3. The third-order valence-electron chi connectivity index (χ3n) is 8.34. The predicted octanol–water partition coefficient (Wildman–Crippen LogP) is 12.1. The van der Waals surface area contributed by atoms with Gasteiger partial charge in [-0.15, -0.1) is 22.7 Å². The Bertz CT molecular complexity index is 2370. The van der Waals surface area contributed by atoms with Crippen LogP contribution in [0.5, 0.6) is 0 Å². The Kier molecular flexibility index (Phi) is 4.74. The Morgan fingerprint density at radius 3 is 1.68 bits per heavy atom. The zero-order valence-electron chi connectivity index (χ0n) is 21.5. The summed E-state index contributed by atoms with van der Waals surface area (Å²) >= 11 is 3.78. The third kappa shape index (κ3) is 3.06. The number of benzene rings is 7. The molecule has 0 amide bonds. The highest BCUT2D eigenvalue weighted by Gasteiger charge is 2.21. The van der Waals surface area contributed by atoms with Gasteiger partial charge in [-0.25, -0.2) is 0 Å². The van der Waals surface area contributed by atoms with Crippen LogP contribution in [0, 0.1) is 0 Å². The average molecular weight is 543 g/mol. The van der Waals surface area contributed by atoms with Crippen molar-refractivity contribution in [3.8, 4) is 22.3 Å². The molecule has 0 saturated carbocycles. The van der Waals surface area contributed by atoms with E-state index in [0.29, 0.717) is 0 Å². The van der Waals surface area contributed by atoms with Crippen LogP contribution in [0.15, 0.2) is 133 Å². The first-order valence-electron chi connectivity index (χ1n) is 13.6. The molecule has 0 bridgehead atoms. The van der Waals surface area contributed by atoms with E-state index in [-0.39, 0.29) is 0 Å². The molecule has 0 atom stereocenters. The van der Waals surface area contributed by atoms with Crippen LogP contribution in [0.1, 0.15) is 0 Å². The van der Waals surface area contributed by atoms with Crippen LogP contribution < -0.4 is 0 Å². The molecule has 0 aliphatic carbocycles. The van der Waals surface area contributed by atoms with Crippen molar-refractivity contribution in [3.63, 3.8) is 0 Å². The van der Waals surface area contributed by atoms with Gasteiger partial charge in [-0.3, -0.25) is 0 Å². The molecule has 0 nitrogen and oxygen atoms in total. The van der Waals surface area contributed by atoms with Crippen LogP contribution >= 0.6 is 22.7 Å². The van der Waals surface area contributed by atoms with Crippen LogP contribution in [-0.4, -0.2) is 0 Å². The predicted molar refractivity (Wildman–Crippen MR) is 178 cm³/mol. The lowest BCUT2D eigenvalue weighted by molar-refractivity contribution is 1.70. The maximum absolute atomic E-state index is 2.39. The molecule has 2 heterocycles. The van der Waals surface area contributed by atoms with Crippen molar-refractivity contribution < 1.29 is 0 Å². The van der Waals surface area contributed by atoms with Crippen LogP contribution in [0.3, 0.4) is 0 Å². The van der Waals surface area contributed by atoms with E-state index < -0.39 is 0 Å². The summed E-state index contributed by atoms with van der Waals surface area (Å²) in [5.74, 6) is 0. The first-order valence-corrected chi connectivity index (χ1v) is 15.3. The topological polar surface area (TPSA) is 0 Å². The molecule has 2 heteroatoms. The van der Waals surface area contributed by atoms with Gasteiger partial charge in [-0.05, 0) is 66.5 Å². The van der Waals surface area contributed by atoms with Crippen LogP contribution in [0.2, 0.25) is 0 Å². The second-order valence-corrected chi connectivity index (χ2v) is 12.4. The summed E-state index contributed by atoms with van der Waals surface area (Å²) in [4.78, 5) is 0. The van der Waals surface area contributed by atoms with Crippen molar-refractivity contribution in [2.24, 2.45) is 0 Å². The maximum Gasteiger partial charge on any atom is 0.0448 e. The van der Waals surface area contributed by atoms with Gasteiger partial charge in [-0.2, -0.15) is 0 Å². The molecule has 0 saturated heterocycles.